The summed E-state index contributed by atoms with van der Waals surface area (Å²) in [6.45, 7) is 3.68. The van der Waals surface area contributed by atoms with Crippen LogP contribution in [-0.2, 0) is 11.3 Å². The van der Waals surface area contributed by atoms with Crippen molar-refractivity contribution in [3.8, 4) is 0 Å². The summed E-state index contributed by atoms with van der Waals surface area (Å²) < 4.78 is 5.25. The molecule has 0 radical (unpaired) electrons. The predicted octanol–water partition coefficient (Wildman–Crippen LogP) is 1.15. The average molecular weight is 277 g/mol. The number of carbonyl (C=O) groups excluding carboxylic acids is 1. The van der Waals surface area contributed by atoms with Gasteiger partial charge in [0.2, 0.25) is 0 Å². The van der Waals surface area contributed by atoms with Crippen molar-refractivity contribution in [1.29, 1.82) is 0 Å². The number of hydrazine groups is 1. The van der Waals surface area contributed by atoms with Gasteiger partial charge >= 0.3 is 0 Å². The molecule has 0 spiro atoms. The molecule has 5 nitrogen and oxygen atoms in total. The molecule has 1 aliphatic heterocycles. The quantitative estimate of drug-likeness (QED) is 0.481. The van der Waals surface area contributed by atoms with Crippen LogP contribution in [0.25, 0.3) is 0 Å². The summed E-state index contributed by atoms with van der Waals surface area (Å²) in [5, 5.41) is 0. The molecule has 0 aliphatic carbocycles. The molecule has 0 bridgehead atoms. The minimum absolute atomic E-state index is 0.231. The summed E-state index contributed by atoms with van der Waals surface area (Å²) in [7, 11) is 1.75. The second-order valence-corrected chi connectivity index (χ2v) is 5.33. The van der Waals surface area contributed by atoms with Crippen molar-refractivity contribution in [2.75, 3.05) is 26.8 Å². The zero-order valence-corrected chi connectivity index (χ0v) is 12.0. The Bertz CT molecular complexity index is 448. The second-order valence-electron chi connectivity index (χ2n) is 5.33. The molecule has 1 heterocycles. The minimum atomic E-state index is -0.231. The Hall–Kier alpha value is -1.43. The van der Waals surface area contributed by atoms with Crippen LogP contribution >= 0.6 is 0 Å². The standard InChI is InChI=1S/C15H23N3O2/c1-20-11-12-5-4-8-18(9-12)10-13-6-2-3-7-14(13)15(19)17-16/h2-3,6-7,12H,4-5,8-11,16H2,1H3,(H,17,19). The number of likely N-dealkylation sites (tertiary alicyclic amines) is 1. The van der Waals surface area contributed by atoms with Crippen molar-refractivity contribution in [3.05, 3.63) is 35.4 Å². The highest BCUT2D eigenvalue weighted by Gasteiger charge is 2.21. The van der Waals surface area contributed by atoms with Crippen LogP contribution in [0.2, 0.25) is 0 Å². The normalized spacial score (nSPS) is 19.8. The number of methoxy groups -OCH3 is 1. The van der Waals surface area contributed by atoms with Gasteiger partial charge in [0.25, 0.3) is 5.91 Å². The Kier molecular flexibility index (Phi) is 5.52. The SMILES string of the molecule is COCC1CCCN(Cc2ccccc2C(=O)NN)C1. The van der Waals surface area contributed by atoms with E-state index in [0.717, 1.165) is 31.8 Å². The van der Waals surface area contributed by atoms with Gasteiger partial charge in [0.1, 0.15) is 0 Å². The molecule has 0 aromatic heterocycles. The van der Waals surface area contributed by atoms with Crippen molar-refractivity contribution in [3.63, 3.8) is 0 Å². The van der Waals surface area contributed by atoms with Crippen LogP contribution in [0.1, 0.15) is 28.8 Å². The maximum Gasteiger partial charge on any atom is 0.265 e. The maximum atomic E-state index is 11.8. The summed E-state index contributed by atoms with van der Waals surface area (Å²) in [4.78, 5) is 14.2. The van der Waals surface area contributed by atoms with Gasteiger partial charge in [0.15, 0.2) is 0 Å². The lowest BCUT2D eigenvalue weighted by Gasteiger charge is -2.32. The van der Waals surface area contributed by atoms with Gasteiger partial charge in [0, 0.05) is 25.8 Å². The molecule has 5 heteroatoms. The van der Waals surface area contributed by atoms with E-state index in [1.54, 1.807) is 7.11 Å². The monoisotopic (exact) mass is 277 g/mol. The van der Waals surface area contributed by atoms with Crippen LogP contribution in [0.3, 0.4) is 0 Å². The fraction of sp³-hybridized carbons (Fsp3) is 0.533. The van der Waals surface area contributed by atoms with Gasteiger partial charge in [-0.2, -0.15) is 0 Å². The number of piperidine rings is 1. The molecule has 1 saturated heterocycles. The highest BCUT2D eigenvalue weighted by atomic mass is 16.5. The van der Waals surface area contributed by atoms with Crippen LogP contribution in [0.5, 0.6) is 0 Å². The summed E-state index contributed by atoms with van der Waals surface area (Å²) in [6.07, 6.45) is 2.40. The molecule has 20 heavy (non-hydrogen) atoms. The largest absolute Gasteiger partial charge is 0.384 e. The number of nitrogens with one attached hydrogen (secondary N) is 1. The number of nitrogens with zero attached hydrogens (tertiary/aromatic N) is 1. The second kappa shape index (κ2) is 7.38. The summed E-state index contributed by atoms with van der Waals surface area (Å²) in [5.41, 5.74) is 3.89. The molecule has 1 aromatic rings. The number of amides is 1. The number of rotatable bonds is 5. The Morgan fingerprint density at radius 2 is 2.30 bits per heavy atom. The third-order valence-corrected chi connectivity index (χ3v) is 3.79. The fourth-order valence-corrected chi connectivity index (χ4v) is 2.86. The molecule has 2 rings (SSSR count). The van der Waals surface area contributed by atoms with Crippen molar-refractivity contribution < 1.29 is 9.53 Å². The summed E-state index contributed by atoms with van der Waals surface area (Å²) in [6, 6.07) is 7.62. The average Bonchev–Trinajstić information content (AvgIpc) is 2.48. The Balaban J connectivity index is 2.04. The molecular weight excluding hydrogens is 254 g/mol. The van der Waals surface area contributed by atoms with Gasteiger partial charge in [-0.15, -0.1) is 0 Å². The number of carbonyl (C=O) groups is 1. The molecule has 1 amide bonds. The molecular formula is C15H23N3O2. The van der Waals surface area contributed by atoms with E-state index in [4.69, 9.17) is 10.6 Å². The molecule has 110 valence electrons. The van der Waals surface area contributed by atoms with E-state index in [0.29, 0.717) is 11.5 Å². The summed E-state index contributed by atoms with van der Waals surface area (Å²) >= 11 is 0. The molecule has 1 atom stereocenters. The Labute approximate surface area is 120 Å². The van der Waals surface area contributed by atoms with Crippen LogP contribution in [0, 0.1) is 5.92 Å². The van der Waals surface area contributed by atoms with Gasteiger partial charge < -0.3 is 4.74 Å². The molecule has 0 saturated carbocycles. The van der Waals surface area contributed by atoms with E-state index in [1.165, 1.54) is 12.8 Å². The van der Waals surface area contributed by atoms with Gasteiger partial charge in [0.05, 0.1) is 6.61 Å². The number of hydrogen-bond donors (Lipinski definition) is 2. The highest BCUT2D eigenvalue weighted by Crippen LogP contribution is 2.20. The number of ether oxygens (including phenoxy) is 1. The van der Waals surface area contributed by atoms with Crippen molar-refractivity contribution in [1.82, 2.24) is 10.3 Å². The van der Waals surface area contributed by atoms with E-state index in [9.17, 15) is 4.79 Å². The first-order valence-corrected chi connectivity index (χ1v) is 7.04. The summed E-state index contributed by atoms with van der Waals surface area (Å²) in [5.74, 6) is 5.59. The van der Waals surface area contributed by atoms with Crippen LogP contribution in [-0.4, -0.2) is 37.6 Å². The number of nitrogen functional groups attached to an aromatic ring is 1. The number of benzene rings is 1. The van der Waals surface area contributed by atoms with E-state index in [2.05, 4.69) is 10.3 Å². The first-order chi connectivity index (χ1) is 9.74. The first kappa shape index (κ1) is 15.0. The minimum Gasteiger partial charge on any atom is -0.384 e. The predicted molar refractivity (Wildman–Crippen MR) is 78.0 cm³/mol. The van der Waals surface area contributed by atoms with Crippen molar-refractivity contribution in [2.24, 2.45) is 11.8 Å². The van der Waals surface area contributed by atoms with Gasteiger partial charge in [-0.25, -0.2) is 5.84 Å². The van der Waals surface area contributed by atoms with Crippen LogP contribution in [0.4, 0.5) is 0 Å². The van der Waals surface area contributed by atoms with Crippen molar-refractivity contribution >= 4 is 5.91 Å². The molecule has 1 unspecified atom stereocenters. The van der Waals surface area contributed by atoms with E-state index in [-0.39, 0.29) is 5.91 Å². The van der Waals surface area contributed by atoms with E-state index >= 15 is 0 Å². The van der Waals surface area contributed by atoms with Gasteiger partial charge in [-0.3, -0.25) is 15.1 Å². The third-order valence-electron chi connectivity index (χ3n) is 3.79. The molecule has 1 aliphatic rings. The lowest BCUT2D eigenvalue weighted by molar-refractivity contribution is 0.0864. The smallest absolute Gasteiger partial charge is 0.265 e. The fourth-order valence-electron chi connectivity index (χ4n) is 2.86. The van der Waals surface area contributed by atoms with Gasteiger partial charge in [-0.1, -0.05) is 18.2 Å². The lowest BCUT2D eigenvalue weighted by atomic mass is 9.97. The van der Waals surface area contributed by atoms with E-state index < -0.39 is 0 Å². The van der Waals surface area contributed by atoms with Crippen LogP contribution < -0.4 is 11.3 Å². The zero-order chi connectivity index (χ0) is 14.4. The first-order valence-electron chi connectivity index (χ1n) is 7.04. The van der Waals surface area contributed by atoms with Gasteiger partial charge in [-0.05, 0) is 36.9 Å². The Morgan fingerprint density at radius 3 is 3.05 bits per heavy atom. The Morgan fingerprint density at radius 1 is 1.50 bits per heavy atom. The molecule has 1 fully saturated rings. The topological polar surface area (TPSA) is 67.6 Å². The maximum absolute atomic E-state index is 11.8. The third kappa shape index (κ3) is 3.79. The molecule has 1 aromatic carbocycles. The zero-order valence-electron chi connectivity index (χ0n) is 12.0. The van der Waals surface area contributed by atoms with Crippen molar-refractivity contribution in [2.45, 2.75) is 19.4 Å². The highest BCUT2D eigenvalue weighted by molar-refractivity contribution is 5.95. The number of hydrogen-bond acceptors (Lipinski definition) is 4. The van der Waals surface area contributed by atoms with E-state index in [1.807, 2.05) is 24.3 Å². The number of nitrogens with two attached hydrogens (primary N) is 1. The molecule has 3 N–H and O–H groups in total. The lowest BCUT2D eigenvalue weighted by Crippen LogP contribution is -2.37. The van der Waals surface area contributed by atoms with Crippen LogP contribution in [0.15, 0.2) is 24.3 Å².